The zero-order valence-electron chi connectivity index (χ0n) is 18.5. The number of aromatic amines is 1. The van der Waals surface area contributed by atoms with Gasteiger partial charge in [-0.3, -0.25) is 9.88 Å². The molecule has 3 nitrogen and oxygen atoms in total. The highest BCUT2D eigenvalue weighted by atomic mass is 19.1. The van der Waals surface area contributed by atoms with Crippen LogP contribution in [0.15, 0.2) is 85.2 Å². The van der Waals surface area contributed by atoms with E-state index in [0.717, 1.165) is 41.0 Å². The van der Waals surface area contributed by atoms with Crippen molar-refractivity contribution in [1.29, 1.82) is 0 Å². The van der Waals surface area contributed by atoms with E-state index in [0.29, 0.717) is 6.04 Å². The summed E-state index contributed by atoms with van der Waals surface area (Å²) in [6.45, 7) is 2.20. The first-order valence-corrected chi connectivity index (χ1v) is 11.7. The molecule has 6 rings (SSSR count). The second-order valence-corrected chi connectivity index (χ2v) is 8.96. The highest BCUT2D eigenvalue weighted by Gasteiger charge is 2.31. The van der Waals surface area contributed by atoms with Gasteiger partial charge >= 0.3 is 0 Å². The van der Waals surface area contributed by atoms with Crippen LogP contribution >= 0.6 is 0 Å². The molecule has 2 aliphatic heterocycles. The van der Waals surface area contributed by atoms with Gasteiger partial charge in [-0.15, -0.1) is 0 Å². The van der Waals surface area contributed by atoms with Crippen LogP contribution in [0.1, 0.15) is 24.8 Å². The average molecular weight is 436 g/mol. The molecule has 33 heavy (non-hydrogen) atoms. The van der Waals surface area contributed by atoms with E-state index in [1.807, 2.05) is 30.6 Å². The molecule has 2 aromatic heterocycles. The van der Waals surface area contributed by atoms with Crippen LogP contribution in [-0.2, 0) is 0 Å². The fourth-order valence-corrected chi connectivity index (χ4v) is 5.42. The first kappa shape index (κ1) is 20.1. The highest BCUT2D eigenvalue weighted by Crippen LogP contribution is 2.46. The van der Waals surface area contributed by atoms with Gasteiger partial charge in [0, 0.05) is 36.1 Å². The number of halogens is 1. The van der Waals surface area contributed by atoms with E-state index in [-0.39, 0.29) is 5.82 Å². The zero-order valence-corrected chi connectivity index (χ0v) is 18.5. The van der Waals surface area contributed by atoms with Gasteiger partial charge in [0.15, 0.2) is 0 Å². The molecule has 2 aromatic carbocycles. The van der Waals surface area contributed by atoms with E-state index >= 15 is 0 Å². The van der Waals surface area contributed by atoms with Gasteiger partial charge in [0.25, 0.3) is 0 Å². The quantitative estimate of drug-likeness (QED) is 0.382. The SMILES string of the molecule is Fc1ccc(-c2[nH]c(-c3ccccc3)c(C3=CCN4CCCC4C3)c2-c2ccncc2)cc1. The minimum absolute atomic E-state index is 0.226. The van der Waals surface area contributed by atoms with E-state index in [1.165, 1.54) is 48.2 Å². The number of rotatable bonds is 4. The lowest BCUT2D eigenvalue weighted by atomic mass is 9.87. The van der Waals surface area contributed by atoms with Gasteiger partial charge in [0.2, 0.25) is 0 Å². The maximum Gasteiger partial charge on any atom is 0.123 e. The summed E-state index contributed by atoms with van der Waals surface area (Å²) >= 11 is 0. The maximum atomic E-state index is 13.8. The Morgan fingerprint density at radius 3 is 2.33 bits per heavy atom. The fraction of sp³-hybridized carbons (Fsp3) is 0.207. The molecule has 4 aromatic rings. The van der Waals surface area contributed by atoms with Crippen LogP contribution < -0.4 is 0 Å². The topological polar surface area (TPSA) is 31.9 Å². The standard InChI is InChI=1S/C29H26FN3/c30-24-10-8-22(9-11-24)29-26(20-12-15-31-16-13-20)27(28(32-29)21-5-2-1-3-6-21)23-14-18-33-17-4-7-25(33)19-23/h1-3,5-6,8-16,25,32H,4,7,17-19H2. The van der Waals surface area contributed by atoms with Crippen molar-refractivity contribution in [3.8, 4) is 33.6 Å². The van der Waals surface area contributed by atoms with E-state index in [4.69, 9.17) is 0 Å². The number of fused-ring (bicyclic) bond motifs is 1. The van der Waals surface area contributed by atoms with Crippen LogP contribution in [0.25, 0.3) is 39.2 Å². The van der Waals surface area contributed by atoms with Crippen LogP contribution in [0.5, 0.6) is 0 Å². The van der Waals surface area contributed by atoms with Crippen molar-refractivity contribution in [1.82, 2.24) is 14.9 Å². The number of pyridine rings is 1. The summed E-state index contributed by atoms with van der Waals surface area (Å²) in [4.78, 5) is 10.6. The molecule has 1 fully saturated rings. The third-order valence-electron chi connectivity index (χ3n) is 7.01. The summed E-state index contributed by atoms with van der Waals surface area (Å²) in [5.41, 5.74) is 9.22. The lowest BCUT2D eigenvalue weighted by molar-refractivity contribution is 0.275. The second kappa shape index (κ2) is 8.45. The Hall–Kier alpha value is -3.50. The van der Waals surface area contributed by atoms with E-state index < -0.39 is 0 Å². The molecule has 1 N–H and O–H groups in total. The smallest absolute Gasteiger partial charge is 0.123 e. The van der Waals surface area contributed by atoms with E-state index in [1.54, 1.807) is 0 Å². The van der Waals surface area contributed by atoms with Crippen LogP contribution in [0.2, 0.25) is 0 Å². The third kappa shape index (κ3) is 3.70. The molecule has 4 heterocycles. The number of benzene rings is 2. The van der Waals surface area contributed by atoms with Crippen LogP contribution in [0.4, 0.5) is 4.39 Å². The molecular formula is C29H26FN3. The molecule has 1 unspecified atom stereocenters. The Morgan fingerprint density at radius 1 is 0.818 bits per heavy atom. The lowest BCUT2D eigenvalue weighted by Gasteiger charge is -2.30. The minimum Gasteiger partial charge on any atom is -0.354 e. The fourth-order valence-electron chi connectivity index (χ4n) is 5.42. The number of hydrogen-bond donors (Lipinski definition) is 1. The van der Waals surface area contributed by atoms with Crippen molar-refractivity contribution in [3.63, 3.8) is 0 Å². The average Bonchev–Trinajstić information content (AvgIpc) is 3.50. The Bertz CT molecular complexity index is 1290. The summed E-state index contributed by atoms with van der Waals surface area (Å²) in [5, 5.41) is 0. The van der Waals surface area contributed by atoms with Crippen LogP contribution in [-0.4, -0.2) is 34.0 Å². The van der Waals surface area contributed by atoms with Gasteiger partial charge in [0.05, 0.1) is 11.4 Å². The number of aromatic nitrogens is 2. The summed E-state index contributed by atoms with van der Waals surface area (Å²) in [6, 6.07) is 22.1. The monoisotopic (exact) mass is 435 g/mol. The van der Waals surface area contributed by atoms with E-state index in [9.17, 15) is 4.39 Å². The molecule has 0 bridgehead atoms. The van der Waals surface area contributed by atoms with Gasteiger partial charge in [-0.05, 0) is 84.5 Å². The highest BCUT2D eigenvalue weighted by molar-refractivity contribution is 5.98. The first-order valence-electron chi connectivity index (χ1n) is 11.7. The van der Waals surface area contributed by atoms with Crippen molar-refractivity contribution >= 4 is 5.57 Å². The summed E-state index contributed by atoms with van der Waals surface area (Å²) in [7, 11) is 0. The molecule has 0 amide bonds. The number of hydrogen-bond acceptors (Lipinski definition) is 2. The Morgan fingerprint density at radius 2 is 1.55 bits per heavy atom. The molecule has 164 valence electrons. The molecule has 0 saturated carbocycles. The predicted molar refractivity (Wildman–Crippen MR) is 132 cm³/mol. The second-order valence-electron chi connectivity index (χ2n) is 8.96. The molecular weight excluding hydrogens is 409 g/mol. The van der Waals surface area contributed by atoms with Gasteiger partial charge in [0.1, 0.15) is 5.82 Å². The van der Waals surface area contributed by atoms with Crippen LogP contribution in [0, 0.1) is 5.82 Å². The van der Waals surface area contributed by atoms with Crippen molar-refractivity contribution in [2.75, 3.05) is 13.1 Å². The van der Waals surface area contributed by atoms with Gasteiger partial charge in [-0.25, -0.2) is 4.39 Å². The summed E-state index contributed by atoms with van der Waals surface area (Å²) in [5.74, 6) is -0.226. The molecule has 0 aliphatic carbocycles. The van der Waals surface area contributed by atoms with E-state index in [2.05, 4.69) is 57.3 Å². The predicted octanol–water partition coefficient (Wildman–Crippen LogP) is 6.80. The number of nitrogens with one attached hydrogen (secondary N) is 1. The van der Waals surface area contributed by atoms with Crippen LogP contribution in [0.3, 0.4) is 0 Å². The minimum atomic E-state index is -0.226. The first-order chi connectivity index (χ1) is 16.3. The summed E-state index contributed by atoms with van der Waals surface area (Å²) < 4.78 is 13.8. The van der Waals surface area contributed by atoms with Gasteiger partial charge in [-0.1, -0.05) is 36.4 Å². The van der Waals surface area contributed by atoms with Gasteiger partial charge < -0.3 is 4.98 Å². The van der Waals surface area contributed by atoms with Crippen molar-refractivity contribution in [2.45, 2.75) is 25.3 Å². The lowest BCUT2D eigenvalue weighted by Crippen LogP contribution is -2.32. The maximum absolute atomic E-state index is 13.8. The Balaban J connectivity index is 1.62. The number of nitrogens with zero attached hydrogens (tertiary/aromatic N) is 2. The molecule has 1 saturated heterocycles. The molecule has 2 aliphatic rings. The summed E-state index contributed by atoms with van der Waals surface area (Å²) in [6.07, 6.45) is 9.70. The number of H-pyrrole nitrogens is 1. The molecule has 0 spiro atoms. The Labute approximate surface area is 193 Å². The third-order valence-corrected chi connectivity index (χ3v) is 7.01. The molecule has 0 radical (unpaired) electrons. The molecule has 1 atom stereocenters. The zero-order chi connectivity index (χ0) is 22.2. The van der Waals surface area contributed by atoms with Crippen molar-refractivity contribution in [3.05, 3.63) is 96.6 Å². The van der Waals surface area contributed by atoms with Crippen molar-refractivity contribution in [2.24, 2.45) is 0 Å². The van der Waals surface area contributed by atoms with Crippen molar-refractivity contribution < 1.29 is 4.39 Å². The Kier molecular flexibility index (Phi) is 5.16. The molecule has 4 heteroatoms. The normalized spacial score (nSPS) is 18.2. The van der Waals surface area contributed by atoms with Gasteiger partial charge in [-0.2, -0.15) is 0 Å². The largest absolute Gasteiger partial charge is 0.354 e.